The highest BCUT2D eigenvalue weighted by Gasteiger charge is 2.41. The number of dihydropyridines is 1. The molecular weight excluding hydrogens is 316 g/mol. The van der Waals surface area contributed by atoms with Gasteiger partial charge in [-0.1, -0.05) is 18.2 Å². The fourth-order valence-corrected chi connectivity index (χ4v) is 3.07. The van der Waals surface area contributed by atoms with Gasteiger partial charge in [-0.15, -0.1) is 0 Å². The minimum absolute atomic E-state index is 0.190. The van der Waals surface area contributed by atoms with Crippen LogP contribution in [0.2, 0.25) is 0 Å². The molecule has 7 heteroatoms. The van der Waals surface area contributed by atoms with Gasteiger partial charge in [-0.3, -0.25) is 4.98 Å². The first kappa shape index (κ1) is 16.2. The normalized spacial score (nSPS) is 24.8. The smallest absolute Gasteiger partial charge is 0.408 e. The van der Waals surface area contributed by atoms with Crippen molar-refractivity contribution in [1.82, 2.24) is 10.3 Å². The van der Waals surface area contributed by atoms with Gasteiger partial charge in [0.05, 0.1) is 6.20 Å². The van der Waals surface area contributed by atoms with Crippen LogP contribution in [0.4, 0.5) is 13.6 Å². The van der Waals surface area contributed by atoms with Crippen molar-refractivity contribution in [2.75, 3.05) is 0 Å². The van der Waals surface area contributed by atoms with Gasteiger partial charge >= 0.3 is 6.09 Å². The van der Waals surface area contributed by atoms with E-state index in [9.17, 15) is 13.6 Å². The zero-order chi connectivity index (χ0) is 17.2. The number of hydrogen-bond acceptors (Lipinski definition) is 4. The number of nitrogens with two attached hydrogens (primary N) is 1. The number of aromatic nitrogens is 1. The Hall–Kier alpha value is -2.70. The Bertz CT molecular complexity index is 743. The largest absolute Gasteiger partial charge is 0.410 e. The monoisotopic (exact) mass is 333 g/mol. The molecule has 2 heterocycles. The molecule has 0 saturated heterocycles. The fraction of sp³-hybridized carbons (Fsp3) is 0.294. The number of nitrogens with zero attached hydrogens (tertiary/aromatic N) is 1. The van der Waals surface area contributed by atoms with Crippen molar-refractivity contribution in [3.05, 3.63) is 60.1 Å². The van der Waals surface area contributed by atoms with E-state index in [0.29, 0.717) is 5.56 Å². The number of amides is 1. The van der Waals surface area contributed by atoms with E-state index >= 15 is 0 Å². The lowest BCUT2D eigenvalue weighted by molar-refractivity contribution is -0.00990. The molecule has 5 nitrogen and oxygen atoms in total. The minimum atomic E-state index is -2.69. The molecule has 0 fully saturated rings. The Morgan fingerprint density at radius 2 is 2.21 bits per heavy atom. The van der Waals surface area contributed by atoms with Crippen LogP contribution in [0.25, 0.3) is 0 Å². The van der Waals surface area contributed by atoms with Crippen molar-refractivity contribution in [3.63, 3.8) is 0 Å². The molecule has 0 aromatic carbocycles. The molecule has 24 heavy (non-hydrogen) atoms. The van der Waals surface area contributed by atoms with Crippen LogP contribution in [-0.2, 0) is 5.54 Å². The van der Waals surface area contributed by atoms with Crippen molar-refractivity contribution in [3.8, 4) is 5.75 Å². The molecule has 0 spiro atoms. The zero-order valence-corrected chi connectivity index (χ0v) is 12.8. The summed E-state index contributed by atoms with van der Waals surface area (Å²) >= 11 is 0. The van der Waals surface area contributed by atoms with Crippen LogP contribution < -0.4 is 15.8 Å². The lowest BCUT2D eigenvalue weighted by atomic mass is 9.76. The second kappa shape index (κ2) is 6.07. The molecule has 1 amide bonds. The van der Waals surface area contributed by atoms with Crippen LogP contribution in [0, 0.1) is 0 Å². The maximum Gasteiger partial charge on any atom is 0.410 e. The zero-order valence-electron chi connectivity index (χ0n) is 12.8. The molecule has 1 atom stereocenters. The van der Waals surface area contributed by atoms with E-state index in [2.05, 4.69) is 10.3 Å². The summed E-state index contributed by atoms with van der Waals surface area (Å²) in [4.78, 5) is 15.1. The Morgan fingerprint density at radius 3 is 2.83 bits per heavy atom. The highest BCUT2D eigenvalue weighted by molar-refractivity contribution is 5.69. The first-order valence-electron chi connectivity index (χ1n) is 7.54. The van der Waals surface area contributed by atoms with E-state index in [4.69, 9.17) is 10.5 Å². The summed E-state index contributed by atoms with van der Waals surface area (Å²) in [5, 5.41) is 3.22. The van der Waals surface area contributed by atoms with Crippen molar-refractivity contribution in [2.24, 2.45) is 5.73 Å². The van der Waals surface area contributed by atoms with Gasteiger partial charge in [0.25, 0.3) is 5.92 Å². The van der Waals surface area contributed by atoms with Crippen molar-refractivity contribution < 1.29 is 18.3 Å². The summed E-state index contributed by atoms with van der Waals surface area (Å²) in [5.41, 5.74) is 5.63. The summed E-state index contributed by atoms with van der Waals surface area (Å²) in [6.45, 7) is 0. The van der Waals surface area contributed by atoms with Gasteiger partial charge in [0, 0.05) is 24.6 Å². The van der Waals surface area contributed by atoms with E-state index in [1.54, 1.807) is 30.6 Å². The standard InChI is InChI=1S/C17H17F2N3O2/c18-16(19)7-3-12(4-8-16)17(6-1-2-9-22-17)13-5-10-21-11-14(13)24-15(20)23/h1-3,5-6,9-11,22H,4,7-8H2,(H2,20,23). The lowest BCUT2D eigenvalue weighted by Crippen LogP contribution is -2.42. The van der Waals surface area contributed by atoms with E-state index in [1.807, 2.05) is 12.2 Å². The number of pyridine rings is 1. The van der Waals surface area contributed by atoms with Crippen molar-refractivity contribution in [2.45, 2.75) is 30.7 Å². The average Bonchev–Trinajstić information content (AvgIpc) is 2.55. The first-order valence-corrected chi connectivity index (χ1v) is 7.54. The summed E-state index contributed by atoms with van der Waals surface area (Å²) in [6.07, 6.45) is 10.4. The van der Waals surface area contributed by atoms with Crippen LogP contribution in [0.15, 0.2) is 54.5 Å². The molecule has 1 aromatic rings. The number of nitrogens with one attached hydrogen (secondary N) is 1. The Morgan fingerprint density at radius 1 is 1.38 bits per heavy atom. The average molecular weight is 333 g/mol. The predicted octanol–water partition coefficient (Wildman–Crippen LogP) is 3.15. The fourth-order valence-electron chi connectivity index (χ4n) is 3.07. The number of halogens is 2. The predicted molar refractivity (Wildman–Crippen MR) is 84.4 cm³/mol. The molecule has 0 saturated carbocycles. The van der Waals surface area contributed by atoms with Gasteiger partial charge in [0.15, 0.2) is 5.75 Å². The quantitative estimate of drug-likeness (QED) is 0.833. The van der Waals surface area contributed by atoms with Gasteiger partial charge in [-0.25, -0.2) is 13.6 Å². The molecule has 3 rings (SSSR count). The first-order chi connectivity index (χ1) is 11.4. The second-order valence-electron chi connectivity index (χ2n) is 5.75. The van der Waals surface area contributed by atoms with Crippen LogP contribution in [0.3, 0.4) is 0 Å². The van der Waals surface area contributed by atoms with E-state index in [0.717, 1.165) is 5.57 Å². The minimum Gasteiger partial charge on any atom is -0.408 e. The summed E-state index contributed by atoms with van der Waals surface area (Å²) in [7, 11) is 0. The maximum absolute atomic E-state index is 13.5. The van der Waals surface area contributed by atoms with E-state index < -0.39 is 17.6 Å². The van der Waals surface area contributed by atoms with Crippen LogP contribution in [-0.4, -0.2) is 17.0 Å². The number of ether oxygens (including phenoxy) is 1. The van der Waals surface area contributed by atoms with Crippen LogP contribution >= 0.6 is 0 Å². The Kier molecular flexibility index (Phi) is 4.09. The summed E-state index contributed by atoms with van der Waals surface area (Å²) < 4.78 is 32.1. The molecule has 2 aliphatic rings. The molecule has 0 bridgehead atoms. The maximum atomic E-state index is 13.5. The number of hydrogen-bond donors (Lipinski definition) is 2. The van der Waals surface area contributed by atoms with Gasteiger partial charge in [0.2, 0.25) is 0 Å². The van der Waals surface area contributed by atoms with E-state index in [-0.39, 0.29) is 25.0 Å². The highest BCUT2D eigenvalue weighted by Crippen LogP contribution is 2.44. The van der Waals surface area contributed by atoms with Gasteiger partial charge in [-0.2, -0.15) is 0 Å². The summed E-state index contributed by atoms with van der Waals surface area (Å²) in [5.74, 6) is -2.50. The lowest BCUT2D eigenvalue weighted by Gasteiger charge is -2.39. The molecule has 1 aliphatic carbocycles. The number of primary amides is 1. The van der Waals surface area contributed by atoms with Gasteiger partial charge < -0.3 is 15.8 Å². The molecule has 3 N–H and O–H groups in total. The number of carbonyl (C=O) groups excluding carboxylic acids is 1. The number of alkyl halides is 2. The van der Waals surface area contributed by atoms with Crippen molar-refractivity contribution in [1.29, 1.82) is 0 Å². The van der Waals surface area contributed by atoms with Crippen LogP contribution in [0.5, 0.6) is 5.75 Å². The Labute approximate surface area is 137 Å². The molecular formula is C17H17F2N3O2. The number of allylic oxidation sites excluding steroid dienone is 3. The van der Waals surface area contributed by atoms with Gasteiger partial charge in [0.1, 0.15) is 5.54 Å². The SMILES string of the molecule is NC(=O)Oc1cnccc1C1(C2=CCC(F)(F)CC2)C=CC=CN1. The van der Waals surface area contributed by atoms with E-state index in [1.165, 1.54) is 6.20 Å². The van der Waals surface area contributed by atoms with Gasteiger partial charge in [-0.05, 0) is 30.3 Å². The summed E-state index contributed by atoms with van der Waals surface area (Å²) in [6, 6.07) is 1.68. The molecule has 1 aromatic heterocycles. The second-order valence-corrected chi connectivity index (χ2v) is 5.75. The third-order valence-corrected chi connectivity index (χ3v) is 4.20. The molecule has 0 radical (unpaired) electrons. The molecule has 126 valence electrons. The molecule has 1 aliphatic heterocycles. The molecule has 1 unspecified atom stereocenters. The van der Waals surface area contributed by atoms with Crippen LogP contribution in [0.1, 0.15) is 24.8 Å². The topological polar surface area (TPSA) is 77.2 Å². The number of carbonyl (C=O) groups is 1. The Balaban J connectivity index is 2.09. The third kappa shape index (κ3) is 3.02. The number of rotatable bonds is 3. The third-order valence-electron chi connectivity index (χ3n) is 4.20. The van der Waals surface area contributed by atoms with Crippen molar-refractivity contribution >= 4 is 6.09 Å². The highest BCUT2D eigenvalue weighted by atomic mass is 19.3.